The van der Waals surface area contributed by atoms with Gasteiger partial charge in [-0.25, -0.2) is 0 Å². The zero-order chi connectivity index (χ0) is 14.0. The fourth-order valence-corrected chi connectivity index (χ4v) is 3.22. The first-order valence-electron chi connectivity index (χ1n) is 5.68. The van der Waals surface area contributed by atoms with Crippen molar-refractivity contribution in [1.29, 1.82) is 0 Å². The summed E-state index contributed by atoms with van der Waals surface area (Å²) >= 11 is 6.85. The van der Waals surface area contributed by atoms with Crippen molar-refractivity contribution in [3.05, 3.63) is 32.2 Å². The number of carbonyl (C=O) groups excluding carboxylic acids is 2. The number of carbonyl (C=O) groups is 2. The molecule has 1 aromatic rings. The van der Waals surface area contributed by atoms with Gasteiger partial charge in [0.2, 0.25) is 5.91 Å². The Balaban J connectivity index is 2.35. The van der Waals surface area contributed by atoms with Crippen molar-refractivity contribution in [1.82, 2.24) is 5.32 Å². The maximum Gasteiger partial charge on any atom is 0.254 e. The van der Waals surface area contributed by atoms with Crippen molar-refractivity contribution in [2.24, 2.45) is 0 Å². The zero-order valence-electron chi connectivity index (χ0n) is 10.1. The van der Waals surface area contributed by atoms with Crippen molar-refractivity contribution >= 4 is 49.8 Å². The van der Waals surface area contributed by atoms with Gasteiger partial charge in [0.05, 0.1) is 22.0 Å². The summed E-state index contributed by atoms with van der Waals surface area (Å²) in [7, 11) is 0. The van der Waals surface area contributed by atoms with Gasteiger partial charge in [0.1, 0.15) is 5.75 Å². The summed E-state index contributed by atoms with van der Waals surface area (Å²) in [6, 6.07) is 3.69. The van der Waals surface area contributed by atoms with Gasteiger partial charge in [-0.1, -0.05) is 0 Å². The highest BCUT2D eigenvalue weighted by Crippen LogP contribution is 2.35. The molecule has 0 aliphatic carbocycles. The molecular formula is C13H11Br2NO3. The highest BCUT2D eigenvalue weighted by atomic mass is 79.9. The molecule has 1 aliphatic heterocycles. The molecule has 1 aromatic carbocycles. The second kappa shape index (κ2) is 5.88. The van der Waals surface area contributed by atoms with E-state index >= 15 is 0 Å². The third kappa shape index (κ3) is 3.25. The summed E-state index contributed by atoms with van der Waals surface area (Å²) in [6.45, 7) is 2.47. The molecular weight excluding hydrogens is 378 g/mol. The van der Waals surface area contributed by atoms with Crippen LogP contribution in [0.5, 0.6) is 5.75 Å². The predicted molar refractivity (Wildman–Crippen MR) is 78.8 cm³/mol. The Morgan fingerprint density at radius 2 is 1.95 bits per heavy atom. The minimum absolute atomic E-state index is 0.126. The maximum atomic E-state index is 11.5. The third-order valence-corrected chi connectivity index (χ3v) is 3.72. The van der Waals surface area contributed by atoms with E-state index in [0.717, 1.165) is 20.3 Å². The van der Waals surface area contributed by atoms with Crippen molar-refractivity contribution in [3.63, 3.8) is 0 Å². The van der Waals surface area contributed by atoms with Crippen LogP contribution in [0, 0.1) is 0 Å². The van der Waals surface area contributed by atoms with Crippen LogP contribution < -0.4 is 10.1 Å². The van der Waals surface area contributed by atoms with Gasteiger partial charge in [0.15, 0.2) is 0 Å². The number of nitrogens with one attached hydrogen (secondary N) is 1. The molecule has 1 N–H and O–H groups in total. The Morgan fingerprint density at radius 1 is 1.32 bits per heavy atom. The smallest absolute Gasteiger partial charge is 0.254 e. The van der Waals surface area contributed by atoms with Gasteiger partial charge >= 0.3 is 0 Å². The third-order valence-electron chi connectivity index (χ3n) is 2.55. The van der Waals surface area contributed by atoms with Crippen LogP contribution in [-0.2, 0) is 9.59 Å². The fraction of sp³-hybridized carbons (Fsp3) is 0.231. The highest BCUT2D eigenvalue weighted by Gasteiger charge is 2.23. The number of halogens is 2. The van der Waals surface area contributed by atoms with Crippen LogP contribution in [0.25, 0.3) is 6.08 Å². The molecule has 0 aromatic heterocycles. The van der Waals surface area contributed by atoms with Gasteiger partial charge in [-0.05, 0) is 62.6 Å². The molecule has 2 amide bonds. The molecule has 0 unspecified atom stereocenters. The van der Waals surface area contributed by atoms with E-state index < -0.39 is 0 Å². The molecule has 1 saturated heterocycles. The van der Waals surface area contributed by atoms with Crippen molar-refractivity contribution < 1.29 is 14.3 Å². The largest absolute Gasteiger partial charge is 0.492 e. The normalized spacial score (nSPS) is 16.9. The van der Waals surface area contributed by atoms with E-state index in [9.17, 15) is 9.59 Å². The van der Waals surface area contributed by atoms with Crippen molar-refractivity contribution in [2.75, 3.05) is 6.61 Å². The van der Waals surface area contributed by atoms with Crippen LogP contribution in [0.3, 0.4) is 0 Å². The molecule has 0 spiro atoms. The van der Waals surface area contributed by atoms with Gasteiger partial charge < -0.3 is 4.74 Å². The van der Waals surface area contributed by atoms with Gasteiger partial charge in [-0.3, -0.25) is 14.9 Å². The topological polar surface area (TPSA) is 55.4 Å². The Bertz CT molecular complexity index is 558. The highest BCUT2D eigenvalue weighted by molar-refractivity contribution is 9.11. The Kier molecular flexibility index (Phi) is 4.42. The van der Waals surface area contributed by atoms with Crippen LogP contribution in [-0.4, -0.2) is 18.4 Å². The summed E-state index contributed by atoms with van der Waals surface area (Å²) in [5, 5.41) is 2.25. The van der Waals surface area contributed by atoms with E-state index in [1.807, 2.05) is 19.1 Å². The number of amides is 2. The molecule has 6 heteroatoms. The molecule has 1 heterocycles. The second-order valence-electron chi connectivity index (χ2n) is 3.97. The SMILES string of the molecule is CCOc1c(Br)cc(C=C2CC(=O)NC2=O)cc1Br. The standard InChI is InChI=1S/C13H11Br2NO3/c1-2-19-12-9(14)4-7(5-10(12)15)3-8-6-11(17)16-13(8)18/h3-5H,2,6H2,1H3,(H,16,17,18). The number of benzene rings is 1. The van der Waals surface area contributed by atoms with E-state index in [0.29, 0.717) is 12.2 Å². The van der Waals surface area contributed by atoms with Gasteiger partial charge in [0, 0.05) is 5.57 Å². The number of hydrogen-bond acceptors (Lipinski definition) is 3. The Hall–Kier alpha value is -1.14. The van der Waals surface area contributed by atoms with Crippen LogP contribution in [0.2, 0.25) is 0 Å². The zero-order valence-corrected chi connectivity index (χ0v) is 13.3. The van der Waals surface area contributed by atoms with Gasteiger partial charge in [-0.2, -0.15) is 0 Å². The Morgan fingerprint density at radius 3 is 2.42 bits per heavy atom. The van der Waals surface area contributed by atoms with Gasteiger partial charge in [0.25, 0.3) is 5.91 Å². The minimum atomic E-state index is -0.328. The molecule has 2 rings (SSSR count). The van der Waals surface area contributed by atoms with E-state index in [1.54, 1.807) is 6.08 Å². The van der Waals surface area contributed by atoms with Gasteiger partial charge in [-0.15, -0.1) is 0 Å². The molecule has 0 radical (unpaired) electrons. The molecule has 4 nitrogen and oxygen atoms in total. The number of ether oxygens (including phenoxy) is 1. The minimum Gasteiger partial charge on any atom is -0.492 e. The summed E-state index contributed by atoms with van der Waals surface area (Å²) < 4.78 is 7.07. The first-order valence-corrected chi connectivity index (χ1v) is 7.26. The molecule has 0 atom stereocenters. The lowest BCUT2D eigenvalue weighted by atomic mass is 10.1. The first-order chi connectivity index (χ1) is 9.01. The van der Waals surface area contributed by atoms with Crippen molar-refractivity contribution in [3.8, 4) is 5.75 Å². The lowest BCUT2D eigenvalue weighted by molar-refractivity contribution is -0.124. The fourth-order valence-electron chi connectivity index (χ4n) is 1.77. The summed E-state index contributed by atoms with van der Waals surface area (Å²) in [5.41, 5.74) is 1.29. The Labute approximate surface area is 127 Å². The lowest BCUT2D eigenvalue weighted by Crippen LogP contribution is -2.19. The average Bonchev–Trinajstić information content (AvgIpc) is 2.62. The van der Waals surface area contributed by atoms with E-state index in [4.69, 9.17) is 4.74 Å². The van der Waals surface area contributed by atoms with Crippen LogP contribution in [0.15, 0.2) is 26.7 Å². The van der Waals surface area contributed by atoms with Crippen LogP contribution in [0.4, 0.5) is 0 Å². The molecule has 1 fully saturated rings. The first kappa shape index (κ1) is 14.3. The summed E-state index contributed by atoms with van der Waals surface area (Å²) in [4.78, 5) is 22.6. The monoisotopic (exact) mass is 387 g/mol. The average molecular weight is 389 g/mol. The lowest BCUT2D eigenvalue weighted by Gasteiger charge is -2.09. The molecule has 0 bridgehead atoms. The maximum absolute atomic E-state index is 11.5. The van der Waals surface area contributed by atoms with E-state index in [1.165, 1.54) is 0 Å². The summed E-state index contributed by atoms with van der Waals surface area (Å²) in [5.74, 6) is 0.128. The quantitative estimate of drug-likeness (QED) is 0.639. The molecule has 1 aliphatic rings. The number of rotatable bonds is 3. The van der Waals surface area contributed by atoms with E-state index in [2.05, 4.69) is 37.2 Å². The second-order valence-corrected chi connectivity index (χ2v) is 5.68. The molecule has 0 saturated carbocycles. The predicted octanol–water partition coefficient (Wildman–Crippen LogP) is 3.04. The molecule has 100 valence electrons. The van der Waals surface area contributed by atoms with Crippen molar-refractivity contribution in [2.45, 2.75) is 13.3 Å². The number of imide groups is 1. The summed E-state index contributed by atoms with van der Waals surface area (Å²) in [6.07, 6.45) is 1.83. The number of hydrogen-bond donors (Lipinski definition) is 1. The van der Waals surface area contributed by atoms with Crippen LogP contribution >= 0.6 is 31.9 Å². The van der Waals surface area contributed by atoms with E-state index in [-0.39, 0.29) is 18.2 Å². The van der Waals surface area contributed by atoms with Crippen LogP contribution in [0.1, 0.15) is 18.9 Å². The molecule has 19 heavy (non-hydrogen) atoms.